The zero-order chi connectivity index (χ0) is 17.6. The Morgan fingerprint density at radius 2 is 2.00 bits per heavy atom. The second kappa shape index (κ2) is 8.25. The van der Waals surface area contributed by atoms with Crippen molar-refractivity contribution < 1.29 is 14.0 Å². The fraction of sp³-hybridized carbons (Fsp3) is 0.368. The first-order valence-corrected chi connectivity index (χ1v) is 9.41. The maximum absolute atomic E-state index is 12.3. The number of carbonyl (C=O) groups excluding carboxylic acids is 2. The molecule has 1 aliphatic rings. The molecular weight excluding hydrogens is 336 g/mol. The van der Waals surface area contributed by atoms with Crippen LogP contribution in [0.5, 0.6) is 0 Å². The fourth-order valence-electron chi connectivity index (χ4n) is 2.93. The number of thioether (sulfide) groups is 1. The normalized spacial score (nSPS) is 15.2. The van der Waals surface area contributed by atoms with E-state index in [1.807, 2.05) is 36.1 Å². The Morgan fingerprint density at radius 1 is 1.24 bits per heavy atom. The van der Waals surface area contributed by atoms with Crippen molar-refractivity contribution in [1.29, 1.82) is 0 Å². The molecule has 1 saturated heterocycles. The quantitative estimate of drug-likeness (QED) is 0.834. The summed E-state index contributed by atoms with van der Waals surface area (Å²) in [5, 5.41) is 3.09. The summed E-state index contributed by atoms with van der Waals surface area (Å²) in [7, 11) is 0. The van der Waals surface area contributed by atoms with Gasteiger partial charge in [0, 0.05) is 24.0 Å². The van der Waals surface area contributed by atoms with Crippen molar-refractivity contribution in [3.63, 3.8) is 0 Å². The van der Waals surface area contributed by atoms with Gasteiger partial charge in [-0.1, -0.05) is 18.2 Å². The SMILES string of the molecule is Cc1ccccc1SCC(=O)NC1CCN(C(=O)c2ccoc2)CC1. The van der Waals surface area contributed by atoms with Crippen LogP contribution in [0, 0.1) is 6.92 Å². The zero-order valence-electron chi connectivity index (χ0n) is 14.2. The third kappa shape index (κ3) is 4.66. The van der Waals surface area contributed by atoms with Crippen LogP contribution >= 0.6 is 11.8 Å². The Kier molecular flexibility index (Phi) is 5.81. The number of piperidine rings is 1. The maximum atomic E-state index is 12.3. The number of carbonyl (C=O) groups is 2. The molecule has 0 saturated carbocycles. The molecule has 1 aromatic carbocycles. The molecule has 1 fully saturated rings. The molecule has 5 nitrogen and oxygen atoms in total. The standard InChI is InChI=1S/C19H22N2O3S/c1-14-4-2-3-5-17(14)25-13-18(22)20-16-6-9-21(10-7-16)19(23)15-8-11-24-12-15/h2-5,8,11-12,16H,6-7,9-10,13H2,1H3,(H,20,22). The van der Waals surface area contributed by atoms with Crippen LogP contribution in [0.15, 0.2) is 52.2 Å². The smallest absolute Gasteiger partial charge is 0.257 e. The summed E-state index contributed by atoms with van der Waals surface area (Å²) in [4.78, 5) is 27.4. The van der Waals surface area contributed by atoms with Gasteiger partial charge in [-0.05, 0) is 37.5 Å². The summed E-state index contributed by atoms with van der Waals surface area (Å²) in [6, 6.07) is 9.88. The minimum atomic E-state index is -0.00589. The molecule has 2 aromatic rings. The lowest BCUT2D eigenvalue weighted by Gasteiger charge is -2.32. The topological polar surface area (TPSA) is 62.6 Å². The van der Waals surface area contributed by atoms with Gasteiger partial charge in [-0.2, -0.15) is 0 Å². The summed E-state index contributed by atoms with van der Waals surface area (Å²) >= 11 is 1.56. The first kappa shape index (κ1) is 17.6. The molecule has 132 valence electrons. The van der Waals surface area contributed by atoms with Crippen molar-refractivity contribution in [3.05, 3.63) is 54.0 Å². The number of nitrogens with one attached hydrogen (secondary N) is 1. The molecule has 2 amide bonds. The van der Waals surface area contributed by atoms with Crippen molar-refractivity contribution >= 4 is 23.6 Å². The van der Waals surface area contributed by atoms with Gasteiger partial charge in [0.25, 0.3) is 5.91 Å². The number of nitrogens with zero attached hydrogens (tertiary/aromatic N) is 1. The third-order valence-corrected chi connectivity index (χ3v) is 5.54. The molecule has 0 atom stereocenters. The molecule has 1 aliphatic heterocycles. The van der Waals surface area contributed by atoms with E-state index in [0.717, 1.165) is 17.7 Å². The predicted octanol–water partition coefficient (Wildman–Crippen LogP) is 3.10. The molecule has 2 heterocycles. The number of rotatable bonds is 5. The first-order valence-electron chi connectivity index (χ1n) is 8.43. The van der Waals surface area contributed by atoms with Crippen molar-refractivity contribution in [2.24, 2.45) is 0 Å². The van der Waals surface area contributed by atoms with Crippen LogP contribution in [0.1, 0.15) is 28.8 Å². The molecule has 3 rings (SSSR count). The lowest BCUT2D eigenvalue weighted by molar-refractivity contribution is -0.119. The summed E-state index contributed by atoms with van der Waals surface area (Å²) in [6.45, 7) is 3.35. The van der Waals surface area contributed by atoms with Gasteiger partial charge in [0.1, 0.15) is 6.26 Å². The molecule has 25 heavy (non-hydrogen) atoms. The summed E-state index contributed by atoms with van der Waals surface area (Å²) in [5.74, 6) is 0.459. The summed E-state index contributed by atoms with van der Waals surface area (Å²) in [5.41, 5.74) is 1.77. The van der Waals surface area contributed by atoms with E-state index < -0.39 is 0 Å². The van der Waals surface area contributed by atoms with Crippen molar-refractivity contribution in [2.45, 2.75) is 30.7 Å². The second-order valence-corrected chi connectivity index (χ2v) is 7.22. The number of furan rings is 1. The molecule has 1 N–H and O–H groups in total. The highest BCUT2D eigenvalue weighted by atomic mass is 32.2. The Balaban J connectivity index is 1.42. The van der Waals surface area contributed by atoms with E-state index in [4.69, 9.17) is 4.42 Å². The van der Waals surface area contributed by atoms with Crippen LogP contribution in [0.4, 0.5) is 0 Å². The van der Waals surface area contributed by atoms with Gasteiger partial charge in [0.05, 0.1) is 17.6 Å². The van der Waals surface area contributed by atoms with E-state index in [2.05, 4.69) is 5.32 Å². The van der Waals surface area contributed by atoms with Gasteiger partial charge in [-0.15, -0.1) is 11.8 Å². The van der Waals surface area contributed by atoms with Gasteiger partial charge in [-0.3, -0.25) is 9.59 Å². The van der Waals surface area contributed by atoms with Gasteiger partial charge in [0.15, 0.2) is 0 Å². The van der Waals surface area contributed by atoms with Gasteiger partial charge >= 0.3 is 0 Å². The highest BCUT2D eigenvalue weighted by molar-refractivity contribution is 8.00. The monoisotopic (exact) mass is 358 g/mol. The van der Waals surface area contributed by atoms with Gasteiger partial charge in [0.2, 0.25) is 5.91 Å². The van der Waals surface area contributed by atoms with Crippen molar-refractivity contribution in [3.8, 4) is 0 Å². The van der Waals surface area contributed by atoms with Crippen LogP contribution in [-0.4, -0.2) is 41.6 Å². The highest BCUT2D eigenvalue weighted by Gasteiger charge is 2.25. The van der Waals surface area contributed by atoms with Crippen LogP contribution in [-0.2, 0) is 4.79 Å². The van der Waals surface area contributed by atoms with Crippen LogP contribution < -0.4 is 5.32 Å². The lowest BCUT2D eigenvalue weighted by Crippen LogP contribution is -2.46. The fourth-order valence-corrected chi connectivity index (χ4v) is 3.77. The molecule has 6 heteroatoms. The summed E-state index contributed by atoms with van der Waals surface area (Å²) < 4.78 is 4.97. The van der Waals surface area contributed by atoms with Gasteiger partial charge in [-0.25, -0.2) is 0 Å². The Labute approximate surface area is 151 Å². The molecular formula is C19H22N2O3S. The minimum absolute atomic E-state index is 0.00589. The molecule has 0 unspecified atom stereocenters. The molecule has 1 aromatic heterocycles. The largest absolute Gasteiger partial charge is 0.472 e. The minimum Gasteiger partial charge on any atom is -0.472 e. The number of benzene rings is 1. The van der Waals surface area contributed by atoms with E-state index in [-0.39, 0.29) is 17.9 Å². The second-order valence-electron chi connectivity index (χ2n) is 6.20. The van der Waals surface area contributed by atoms with E-state index in [9.17, 15) is 9.59 Å². The number of likely N-dealkylation sites (tertiary alicyclic amines) is 1. The third-order valence-electron chi connectivity index (χ3n) is 4.37. The average Bonchev–Trinajstić information content (AvgIpc) is 3.16. The van der Waals surface area contributed by atoms with E-state index >= 15 is 0 Å². The summed E-state index contributed by atoms with van der Waals surface area (Å²) in [6.07, 6.45) is 4.54. The van der Waals surface area contributed by atoms with E-state index in [0.29, 0.717) is 24.4 Å². The molecule has 0 spiro atoms. The number of hydrogen-bond donors (Lipinski definition) is 1. The Morgan fingerprint density at radius 3 is 2.68 bits per heavy atom. The Bertz CT molecular complexity index is 722. The first-order chi connectivity index (χ1) is 12.1. The molecule has 0 aliphatic carbocycles. The van der Waals surface area contributed by atoms with Gasteiger partial charge < -0.3 is 14.6 Å². The zero-order valence-corrected chi connectivity index (χ0v) is 15.1. The van der Waals surface area contributed by atoms with Crippen LogP contribution in [0.25, 0.3) is 0 Å². The maximum Gasteiger partial charge on any atom is 0.257 e. The average molecular weight is 358 g/mol. The number of aryl methyl sites for hydroxylation is 1. The van der Waals surface area contributed by atoms with Crippen molar-refractivity contribution in [2.75, 3.05) is 18.8 Å². The Hall–Kier alpha value is -2.21. The van der Waals surface area contributed by atoms with Crippen molar-refractivity contribution in [1.82, 2.24) is 10.2 Å². The van der Waals surface area contributed by atoms with E-state index in [1.54, 1.807) is 17.8 Å². The number of amides is 2. The van der Waals surface area contributed by atoms with Crippen LogP contribution in [0.3, 0.4) is 0 Å². The highest BCUT2D eigenvalue weighted by Crippen LogP contribution is 2.21. The van der Waals surface area contributed by atoms with Crippen LogP contribution in [0.2, 0.25) is 0 Å². The number of hydrogen-bond acceptors (Lipinski definition) is 4. The molecule has 0 radical (unpaired) electrons. The van der Waals surface area contributed by atoms with E-state index in [1.165, 1.54) is 18.1 Å². The predicted molar refractivity (Wildman–Crippen MR) is 97.7 cm³/mol. The lowest BCUT2D eigenvalue weighted by atomic mass is 10.0. The molecule has 0 bridgehead atoms.